The minimum absolute atomic E-state index is 0.0925. The molecular formula is C8H7BNO3. The summed E-state index contributed by atoms with van der Waals surface area (Å²) < 4.78 is 5.02. The zero-order valence-electron chi connectivity index (χ0n) is 6.78. The van der Waals surface area contributed by atoms with Crippen LogP contribution in [0.3, 0.4) is 0 Å². The van der Waals surface area contributed by atoms with Crippen LogP contribution in [0.2, 0.25) is 0 Å². The molecule has 1 aromatic carbocycles. The van der Waals surface area contributed by atoms with Gasteiger partial charge in [0.25, 0.3) is 5.91 Å². The van der Waals surface area contributed by atoms with Gasteiger partial charge in [0.15, 0.2) is 0 Å². The Kier molecular flexibility index (Phi) is 1.74. The van der Waals surface area contributed by atoms with Crippen molar-refractivity contribution in [2.75, 3.05) is 0 Å². The van der Waals surface area contributed by atoms with Crippen LogP contribution < -0.4 is 11.2 Å². The number of phenols is 1. The topological polar surface area (TPSA) is 72.6 Å². The molecular weight excluding hydrogens is 169 g/mol. The van der Waals surface area contributed by atoms with Crippen molar-refractivity contribution in [2.45, 2.75) is 6.61 Å². The molecule has 1 aliphatic rings. The first-order valence-corrected chi connectivity index (χ1v) is 3.79. The van der Waals surface area contributed by atoms with Crippen molar-refractivity contribution in [1.82, 2.24) is 0 Å². The Bertz CT molecular complexity index is 378. The molecule has 0 aromatic heterocycles. The van der Waals surface area contributed by atoms with Crippen LogP contribution in [0.25, 0.3) is 0 Å². The van der Waals surface area contributed by atoms with Crippen molar-refractivity contribution in [3.63, 3.8) is 0 Å². The third-order valence-corrected chi connectivity index (χ3v) is 1.97. The standard InChI is InChI=1S/C8H7BNO3/c10-8(12)5-2-6-4(1-7(5)11)3-13-9-6/h1-2,11H,3H2,(H2,10,12). The van der Waals surface area contributed by atoms with E-state index in [2.05, 4.69) is 0 Å². The summed E-state index contributed by atoms with van der Waals surface area (Å²) in [5, 5.41) is 9.37. The van der Waals surface area contributed by atoms with Crippen LogP contribution >= 0.6 is 0 Å². The number of hydrogen-bond acceptors (Lipinski definition) is 3. The second-order valence-electron chi connectivity index (χ2n) is 2.86. The van der Waals surface area contributed by atoms with Gasteiger partial charge in [-0.25, -0.2) is 0 Å². The van der Waals surface area contributed by atoms with Gasteiger partial charge in [0.1, 0.15) is 5.75 Å². The van der Waals surface area contributed by atoms with E-state index in [1.165, 1.54) is 12.1 Å². The molecule has 0 saturated heterocycles. The summed E-state index contributed by atoms with van der Waals surface area (Å²) >= 11 is 0. The average molecular weight is 176 g/mol. The fourth-order valence-corrected chi connectivity index (χ4v) is 1.30. The first-order valence-electron chi connectivity index (χ1n) is 3.79. The van der Waals surface area contributed by atoms with E-state index in [4.69, 9.17) is 10.4 Å². The Morgan fingerprint density at radius 2 is 2.38 bits per heavy atom. The van der Waals surface area contributed by atoms with Crippen LogP contribution in [-0.2, 0) is 11.3 Å². The zero-order chi connectivity index (χ0) is 9.42. The fraction of sp³-hybridized carbons (Fsp3) is 0.125. The summed E-state index contributed by atoms with van der Waals surface area (Å²) in [4.78, 5) is 10.8. The molecule has 3 N–H and O–H groups in total. The van der Waals surface area contributed by atoms with E-state index >= 15 is 0 Å². The van der Waals surface area contributed by atoms with Crippen LogP contribution in [0.15, 0.2) is 12.1 Å². The van der Waals surface area contributed by atoms with Gasteiger partial charge in [-0.1, -0.05) is 0 Å². The third kappa shape index (κ3) is 1.27. The predicted octanol–water partition coefficient (Wildman–Crippen LogP) is -0.734. The quantitative estimate of drug-likeness (QED) is 0.553. The van der Waals surface area contributed by atoms with Gasteiger partial charge in [0, 0.05) is 0 Å². The molecule has 1 radical (unpaired) electrons. The van der Waals surface area contributed by atoms with Gasteiger partial charge in [0.05, 0.1) is 12.2 Å². The van der Waals surface area contributed by atoms with Crippen molar-refractivity contribution < 1.29 is 14.6 Å². The Morgan fingerprint density at radius 1 is 1.62 bits per heavy atom. The van der Waals surface area contributed by atoms with Gasteiger partial charge < -0.3 is 15.5 Å². The number of benzene rings is 1. The van der Waals surface area contributed by atoms with Gasteiger partial charge in [0.2, 0.25) is 0 Å². The Hall–Kier alpha value is -1.49. The maximum absolute atomic E-state index is 10.8. The van der Waals surface area contributed by atoms with E-state index < -0.39 is 5.91 Å². The lowest BCUT2D eigenvalue weighted by Crippen LogP contribution is -2.18. The first-order chi connectivity index (χ1) is 6.18. The lowest BCUT2D eigenvalue weighted by Gasteiger charge is -2.03. The molecule has 0 bridgehead atoms. The summed E-state index contributed by atoms with van der Waals surface area (Å²) in [5.41, 5.74) is 6.84. The lowest BCUT2D eigenvalue weighted by molar-refractivity contribution is 0.0998. The number of nitrogens with two attached hydrogens (primary N) is 1. The first kappa shape index (κ1) is 8.13. The minimum atomic E-state index is -0.638. The summed E-state index contributed by atoms with van der Waals surface area (Å²) in [6.07, 6.45) is 0. The lowest BCUT2D eigenvalue weighted by atomic mass is 9.86. The number of amides is 1. The van der Waals surface area contributed by atoms with Gasteiger partial charge in [-0.15, -0.1) is 0 Å². The van der Waals surface area contributed by atoms with Gasteiger partial charge >= 0.3 is 7.48 Å². The van der Waals surface area contributed by atoms with Crippen LogP contribution in [0.5, 0.6) is 5.75 Å². The molecule has 13 heavy (non-hydrogen) atoms. The van der Waals surface area contributed by atoms with E-state index in [0.29, 0.717) is 6.61 Å². The summed E-state index contributed by atoms with van der Waals surface area (Å²) in [6.45, 7) is 0.432. The molecule has 0 atom stereocenters. The number of aromatic hydroxyl groups is 1. The van der Waals surface area contributed by atoms with Crippen LogP contribution in [0, 0.1) is 0 Å². The number of primary amides is 1. The molecule has 1 amide bonds. The molecule has 5 heteroatoms. The van der Waals surface area contributed by atoms with Crippen molar-refractivity contribution in [3.8, 4) is 5.75 Å². The molecule has 0 aliphatic carbocycles. The van der Waals surface area contributed by atoms with E-state index in [1.54, 1.807) is 7.48 Å². The van der Waals surface area contributed by atoms with E-state index in [9.17, 15) is 9.90 Å². The highest BCUT2D eigenvalue weighted by Gasteiger charge is 2.18. The van der Waals surface area contributed by atoms with Crippen LogP contribution in [0.4, 0.5) is 0 Å². The Morgan fingerprint density at radius 3 is 3.08 bits per heavy atom. The second-order valence-corrected chi connectivity index (χ2v) is 2.86. The molecule has 0 spiro atoms. The molecule has 0 unspecified atom stereocenters. The summed E-state index contributed by atoms with van der Waals surface area (Å²) in [5.74, 6) is -0.731. The number of rotatable bonds is 1. The molecule has 1 heterocycles. The summed E-state index contributed by atoms with van der Waals surface area (Å²) in [6, 6.07) is 3.03. The number of hydrogen-bond donors (Lipinski definition) is 2. The molecule has 0 saturated carbocycles. The molecule has 0 fully saturated rings. The van der Waals surface area contributed by atoms with E-state index in [-0.39, 0.29) is 11.3 Å². The normalized spacial score (nSPS) is 13.5. The number of carbonyl (C=O) groups excluding carboxylic acids is 1. The van der Waals surface area contributed by atoms with Crippen molar-refractivity contribution in [2.24, 2.45) is 5.73 Å². The number of fused-ring (bicyclic) bond motifs is 1. The SMILES string of the molecule is NC(=O)c1cc2c(cc1O)CO[B]2. The largest absolute Gasteiger partial charge is 0.507 e. The second kappa shape index (κ2) is 2.78. The van der Waals surface area contributed by atoms with Gasteiger partial charge in [-0.05, 0) is 23.2 Å². The molecule has 2 rings (SSSR count). The summed E-state index contributed by atoms with van der Waals surface area (Å²) in [7, 11) is 1.54. The minimum Gasteiger partial charge on any atom is -0.507 e. The average Bonchev–Trinajstić information content (AvgIpc) is 2.48. The fourth-order valence-electron chi connectivity index (χ4n) is 1.30. The van der Waals surface area contributed by atoms with Gasteiger partial charge in [-0.3, -0.25) is 4.79 Å². The van der Waals surface area contributed by atoms with Crippen molar-refractivity contribution in [1.29, 1.82) is 0 Å². The Labute approximate surface area is 75.6 Å². The highest BCUT2D eigenvalue weighted by atomic mass is 16.4. The van der Waals surface area contributed by atoms with Crippen molar-refractivity contribution in [3.05, 3.63) is 23.3 Å². The maximum Gasteiger partial charge on any atom is 0.330 e. The smallest absolute Gasteiger partial charge is 0.330 e. The maximum atomic E-state index is 10.8. The molecule has 1 aromatic rings. The third-order valence-electron chi connectivity index (χ3n) is 1.97. The Balaban J connectivity index is 2.55. The zero-order valence-corrected chi connectivity index (χ0v) is 6.78. The van der Waals surface area contributed by atoms with E-state index in [0.717, 1.165) is 11.0 Å². The van der Waals surface area contributed by atoms with Crippen LogP contribution in [0.1, 0.15) is 15.9 Å². The molecule has 1 aliphatic heterocycles. The molecule has 4 nitrogen and oxygen atoms in total. The van der Waals surface area contributed by atoms with Crippen molar-refractivity contribution >= 4 is 18.9 Å². The predicted molar refractivity (Wildman–Crippen MR) is 46.8 cm³/mol. The molecule has 65 valence electrons. The monoisotopic (exact) mass is 176 g/mol. The van der Waals surface area contributed by atoms with E-state index in [1.807, 2.05) is 0 Å². The van der Waals surface area contributed by atoms with Gasteiger partial charge in [-0.2, -0.15) is 0 Å². The number of carbonyl (C=O) groups is 1. The van der Waals surface area contributed by atoms with Crippen LogP contribution in [-0.4, -0.2) is 18.5 Å². The highest BCUT2D eigenvalue weighted by molar-refractivity contribution is 6.49. The highest BCUT2D eigenvalue weighted by Crippen LogP contribution is 2.19.